The maximum absolute atomic E-state index is 13.7. The largest absolute Gasteiger partial charge is 0.389 e. The highest BCUT2D eigenvalue weighted by molar-refractivity contribution is 6.28. The zero-order valence-electron chi connectivity index (χ0n) is 27.9. The third-order valence-electron chi connectivity index (χ3n) is 9.82. The molecule has 15 nitrogen and oxygen atoms in total. The van der Waals surface area contributed by atoms with Crippen LogP contribution in [0.5, 0.6) is 0 Å². The summed E-state index contributed by atoms with van der Waals surface area (Å²) in [7, 11) is 1.52. The van der Waals surface area contributed by atoms with Gasteiger partial charge in [-0.1, -0.05) is 35.6 Å². The van der Waals surface area contributed by atoms with Crippen LogP contribution in [0.15, 0.2) is 55.0 Å². The lowest BCUT2D eigenvalue weighted by atomic mass is 9.98. The molecule has 2 saturated carbocycles. The molecule has 4 N–H and O–H groups in total. The van der Waals surface area contributed by atoms with Gasteiger partial charge in [0.1, 0.15) is 6.10 Å². The van der Waals surface area contributed by atoms with Gasteiger partial charge in [-0.25, -0.2) is 9.67 Å². The Kier molecular flexibility index (Phi) is 9.58. The van der Waals surface area contributed by atoms with Crippen LogP contribution in [0.4, 0.5) is 15.9 Å². The number of carbonyl (C=O) groups excluding carboxylic acids is 1. The van der Waals surface area contributed by atoms with E-state index in [1.165, 1.54) is 24.1 Å². The number of rotatable bonds is 12. The van der Waals surface area contributed by atoms with Crippen molar-refractivity contribution in [2.75, 3.05) is 12.4 Å². The number of aryl methyl sites for hydroxylation is 1. The number of nitro benzene ring substituents is 1. The van der Waals surface area contributed by atoms with Crippen molar-refractivity contribution in [3.8, 4) is 17.5 Å². The molecule has 2 aliphatic carbocycles. The molecule has 268 valence electrons. The summed E-state index contributed by atoms with van der Waals surface area (Å²) in [6.07, 6.45) is 5.37. The maximum Gasteiger partial charge on any atom is 0.306 e. The average molecular weight is 729 g/mol. The Morgan fingerprint density at radius 2 is 2.04 bits per heavy atom. The molecule has 5 atom stereocenters. The van der Waals surface area contributed by atoms with Gasteiger partial charge in [-0.15, -0.1) is 5.10 Å². The fourth-order valence-electron chi connectivity index (χ4n) is 7.15. The predicted octanol–water partition coefficient (Wildman–Crippen LogP) is 3.90. The van der Waals surface area contributed by atoms with E-state index in [2.05, 4.69) is 47.7 Å². The Hall–Kier alpha value is -5.50. The zero-order valence-corrected chi connectivity index (χ0v) is 28.7. The fraction of sp³-hybridized carbons (Fsp3) is 0.371. The summed E-state index contributed by atoms with van der Waals surface area (Å²) < 4.78 is 16.7. The number of aromatic nitrogens is 7. The monoisotopic (exact) mass is 728 g/mol. The summed E-state index contributed by atoms with van der Waals surface area (Å²) in [5.41, 5.74) is 2.12. The van der Waals surface area contributed by atoms with E-state index in [9.17, 15) is 29.5 Å². The van der Waals surface area contributed by atoms with E-state index in [-0.39, 0.29) is 17.1 Å². The van der Waals surface area contributed by atoms with Crippen molar-refractivity contribution in [2.45, 2.75) is 63.3 Å². The van der Waals surface area contributed by atoms with Crippen LogP contribution >= 0.6 is 11.6 Å². The normalized spacial score (nSPS) is 21.7. The molecule has 52 heavy (non-hydrogen) atoms. The highest BCUT2D eigenvalue weighted by Gasteiger charge is 2.75. The Balaban J connectivity index is 0.914. The minimum Gasteiger partial charge on any atom is -0.389 e. The van der Waals surface area contributed by atoms with Gasteiger partial charge in [-0.2, -0.15) is 14.4 Å². The summed E-state index contributed by atoms with van der Waals surface area (Å²) >= 11 is 6.32. The Labute approximate surface area is 301 Å². The molecule has 2 aromatic carbocycles. The van der Waals surface area contributed by atoms with Gasteiger partial charge < -0.3 is 25.4 Å². The van der Waals surface area contributed by atoms with Gasteiger partial charge in [-0.05, 0) is 67.1 Å². The Morgan fingerprint density at radius 3 is 2.85 bits per heavy atom. The Bertz CT molecular complexity index is 2230. The number of anilines is 1. The minimum atomic E-state index is -1.21. The predicted molar refractivity (Wildman–Crippen MR) is 187 cm³/mol. The number of imidazole rings is 1. The van der Waals surface area contributed by atoms with E-state index in [4.69, 9.17) is 11.6 Å². The van der Waals surface area contributed by atoms with E-state index >= 15 is 0 Å². The van der Waals surface area contributed by atoms with E-state index in [0.717, 1.165) is 48.2 Å². The lowest BCUT2D eigenvalue weighted by Crippen LogP contribution is -2.41. The maximum atomic E-state index is 13.7. The first-order valence-electron chi connectivity index (χ1n) is 16.8. The third kappa shape index (κ3) is 6.54. The van der Waals surface area contributed by atoms with Crippen molar-refractivity contribution in [2.24, 2.45) is 11.3 Å². The van der Waals surface area contributed by atoms with Crippen LogP contribution in [-0.2, 0) is 17.8 Å². The summed E-state index contributed by atoms with van der Waals surface area (Å²) in [5, 5.41) is 46.8. The lowest BCUT2D eigenvalue weighted by molar-refractivity contribution is -0.387. The molecule has 0 unspecified atom stereocenters. The van der Waals surface area contributed by atoms with Gasteiger partial charge in [0.15, 0.2) is 17.0 Å². The second-order valence-electron chi connectivity index (χ2n) is 13.0. The topological polar surface area (TPSA) is 199 Å². The number of nitrogens with zero attached hydrogens (tertiary/aromatic N) is 8. The molecule has 2 fully saturated rings. The van der Waals surface area contributed by atoms with Crippen molar-refractivity contribution < 1.29 is 24.3 Å². The molecule has 0 aliphatic heterocycles. The van der Waals surface area contributed by atoms with Gasteiger partial charge in [0.2, 0.25) is 17.0 Å². The van der Waals surface area contributed by atoms with Crippen molar-refractivity contribution in [3.05, 3.63) is 93.0 Å². The Morgan fingerprint density at radius 1 is 1.19 bits per heavy atom. The SMILES string of the molecule is CNC(=O)[C@@]12C[C@@H]1[C@@H](n1cnc3c(NCc4cccc(C#CCCCCCc5cn(-c6ccc(F)c([N+](=O)[O-])c6)nn5)c4)nc(Cl)nc31)[C@H](O)[C@@H]2O. The number of hydrogen-bond acceptors (Lipinski definition) is 11. The first-order valence-corrected chi connectivity index (χ1v) is 17.1. The van der Waals surface area contributed by atoms with Crippen LogP contribution < -0.4 is 10.6 Å². The van der Waals surface area contributed by atoms with Crippen LogP contribution in [0.2, 0.25) is 5.28 Å². The van der Waals surface area contributed by atoms with E-state index in [1.807, 2.05) is 24.3 Å². The standard InChI is InChI=1S/C35H34ClFN10O5/c1-38-33(50)35-16-24(35)28(29(48)30(35)49)45-19-40-27-31(41-34(36)42-32(27)45)39-17-21-10-7-9-20(14-21)8-5-3-2-4-6-11-22-18-46(44-43-22)23-12-13-25(37)26(15-23)47(51)52/h7,9-10,12-15,18-19,24,28-30,48-49H,2-4,6,11,16-17H2,1H3,(H,38,50)(H,39,41,42)/t24-,28-,29+,30+,35+/m1/s1. The smallest absolute Gasteiger partial charge is 0.306 e. The molecule has 3 heterocycles. The molecule has 0 saturated heterocycles. The van der Waals surface area contributed by atoms with Gasteiger partial charge >= 0.3 is 5.69 Å². The number of hydrogen-bond donors (Lipinski definition) is 4. The molecule has 0 spiro atoms. The van der Waals surface area contributed by atoms with Crippen LogP contribution in [0.25, 0.3) is 16.9 Å². The molecule has 2 aliphatic rings. The van der Waals surface area contributed by atoms with Crippen molar-refractivity contribution in [1.29, 1.82) is 0 Å². The first kappa shape index (κ1) is 34.9. The zero-order chi connectivity index (χ0) is 36.6. The van der Waals surface area contributed by atoms with Crippen molar-refractivity contribution in [1.82, 2.24) is 39.8 Å². The fourth-order valence-corrected chi connectivity index (χ4v) is 7.31. The lowest BCUT2D eigenvalue weighted by Gasteiger charge is -2.23. The molecular weight excluding hydrogens is 695 g/mol. The molecule has 0 radical (unpaired) electrons. The van der Waals surface area contributed by atoms with Crippen LogP contribution in [0.1, 0.15) is 55.0 Å². The number of fused-ring (bicyclic) bond motifs is 2. The highest BCUT2D eigenvalue weighted by atomic mass is 35.5. The number of unbranched alkanes of at least 4 members (excludes halogenated alkanes) is 3. The van der Waals surface area contributed by atoms with Crippen LogP contribution in [-0.4, -0.2) is 74.8 Å². The number of benzene rings is 2. The summed E-state index contributed by atoms with van der Waals surface area (Å²) in [6, 6.07) is 10.8. The third-order valence-corrected chi connectivity index (χ3v) is 9.99. The molecule has 1 amide bonds. The molecule has 0 bridgehead atoms. The number of halogens is 2. The number of aliphatic hydroxyl groups is 2. The number of carbonyl (C=O) groups is 1. The highest BCUT2D eigenvalue weighted by Crippen LogP contribution is 2.67. The molecule has 17 heteroatoms. The number of nitrogens with one attached hydrogen (secondary N) is 2. The van der Waals surface area contributed by atoms with Crippen molar-refractivity contribution >= 4 is 40.2 Å². The van der Waals surface area contributed by atoms with Gasteiger partial charge in [0.05, 0.1) is 46.4 Å². The molecule has 3 aromatic heterocycles. The number of aliphatic hydroxyl groups excluding tert-OH is 2. The summed E-state index contributed by atoms with van der Waals surface area (Å²) in [6.45, 7) is 0.403. The van der Waals surface area contributed by atoms with Gasteiger partial charge in [0, 0.05) is 37.6 Å². The quantitative estimate of drug-likeness (QED) is 0.0478. The number of amides is 1. The van der Waals surface area contributed by atoms with E-state index in [0.29, 0.717) is 48.5 Å². The average Bonchev–Trinajstić information content (AvgIpc) is 3.36. The summed E-state index contributed by atoms with van der Waals surface area (Å²) in [4.78, 5) is 36.1. The van der Waals surface area contributed by atoms with Crippen molar-refractivity contribution in [3.63, 3.8) is 0 Å². The molecular formula is C35H34ClFN10O5. The van der Waals surface area contributed by atoms with Crippen LogP contribution in [0, 0.1) is 39.1 Å². The molecule has 5 aromatic rings. The number of nitro groups is 1. The second-order valence-corrected chi connectivity index (χ2v) is 13.3. The molecule has 7 rings (SSSR count). The first-order chi connectivity index (χ1) is 25.1. The minimum absolute atomic E-state index is 0.0117. The van der Waals surface area contributed by atoms with Gasteiger partial charge in [0.25, 0.3) is 0 Å². The second kappa shape index (κ2) is 14.3. The van der Waals surface area contributed by atoms with E-state index < -0.39 is 40.1 Å². The van der Waals surface area contributed by atoms with Crippen LogP contribution in [0.3, 0.4) is 0 Å². The summed E-state index contributed by atoms with van der Waals surface area (Å²) in [5.74, 6) is 5.39. The van der Waals surface area contributed by atoms with Gasteiger partial charge in [-0.3, -0.25) is 14.9 Å². The van der Waals surface area contributed by atoms with E-state index in [1.54, 1.807) is 10.8 Å².